The second-order valence-corrected chi connectivity index (χ2v) is 12.2. The maximum Gasteiger partial charge on any atom is 0.220 e. The van der Waals surface area contributed by atoms with Gasteiger partial charge < -0.3 is 24.8 Å². The Hall–Kier alpha value is -2.37. The van der Waals surface area contributed by atoms with Gasteiger partial charge >= 0.3 is 0 Å². The number of carbonyl (C=O) groups excluding carboxylic acids is 3. The zero-order valence-corrected chi connectivity index (χ0v) is 27.7. The number of aryl methyl sites for hydroxylation is 2. The fourth-order valence-corrected chi connectivity index (χ4v) is 4.19. The van der Waals surface area contributed by atoms with Crippen molar-refractivity contribution in [2.45, 2.75) is 124 Å². The molecule has 1 atom stereocenters. The molecular formula is C32H59N5O6. The van der Waals surface area contributed by atoms with E-state index in [9.17, 15) is 14.4 Å². The van der Waals surface area contributed by atoms with Crippen molar-refractivity contribution in [3.8, 4) is 0 Å². The molecule has 11 heteroatoms. The number of ketones is 1. The number of hydrogen-bond acceptors (Lipinski definition) is 8. The zero-order valence-electron chi connectivity index (χ0n) is 27.7. The lowest BCUT2D eigenvalue weighted by Gasteiger charge is -2.20. The van der Waals surface area contributed by atoms with E-state index in [1.807, 2.05) is 24.7 Å². The Morgan fingerprint density at radius 2 is 1.53 bits per heavy atom. The summed E-state index contributed by atoms with van der Waals surface area (Å²) in [6.07, 6.45) is 8.58. The Kier molecular flexibility index (Phi) is 21.6. The first-order valence-corrected chi connectivity index (χ1v) is 16.3. The van der Waals surface area contributed by atoms with E-state index in [4.69, 9.17) is 14.2 Å². The minimum Gasteiger partial charge on any atom is -0.379 e. The molecule has 0 saturated heterocycles. The highest BCUT2D eigenvalue weighted by Gasteiger charge is 2.14. The summed E-state index contributed by atoms with van der Waals surface area (Å²) in [5.74, 6) is 1.14. The molecule has 2 amide bonds. The van der Waals surface area contributed by atoms with E-state index in [0.29, 0.717) is 96.4 Å². The van der Waals surface area contributed by atoms with Crippen LogP contribution in [0.25, 0.3) is 0 Å². The van der Waals surface area contributed by atoms with Gasteiger partial charge in [0.2, 0.25) is 11.8 Å². The van der Waals surface area contributed by atoms with Gasteiger partial charge in [-0.3, -0.25) is 19.1 Å². The quantitative estimate of drug-likeness (QED) is 0.141. The summed E-state index contributed by atoms with van der Waals surface area (Å²) in [5, 5.41) is 14.4. The maximum absolute atomic E-state index is 12.5. The number of carbonyl (C=O) groups is 3. The zero-order chi connectivity index (χ0) is 31.9. The third kappa shape index (κ3) is 21.9. The Morgan fingerprint density at radius 3 is 2.19 bits per heavy atom. The fourth-order valence-electron chi connectivity index (χ4n) is 4.19. The minimum atomic E-state index is -0.137. The first kappa shape index (κ1) is 38.7. The number of hydrogen-bond donors (Lipinski definition) is 2. The van der Waals surface area contributed by atoms with Gasteiger partial charge in [0.05, 0.1) is 37.7 Å². The minimum absolute atomic E-state index is 0.00327. The molecule has 0 aliphatic carbocycles. The first-order valence-electron chi connectivity index (χ1n) is 16.3. The molecule has 1 aromatic rings. The van der Waals surface area contributed by atoms with Crippen molar-refractivity contribution in [2.24, 2.45) is 11.8 Å². The highest BCUT2D eigenvalue weighted by Crippen LogP contribution is 2.06. The van der Waals surface area contributed by atoms with Gasteiger partial charge in [0, 0.05) is 58.2 Å². The first-order chi connectivity index (χ1) is 20.6. The predicted octanol–water partition coefficient (Wildman–Crippen LogP) is 4.27. The van der Waals surface area contributed by atoms with Gasteiger partial charge in [-0.25, -0.2) is 0 Å². The van der Waals surface area contributed by atoms with Gasteiger partial charge in [-0.15, -0.1) is 5.10 Å². The van der Waals surface area contributed by atoms with E-state index in [1.165, 1.54) is 0 Å². The number of nitrogens with zero attached hydrogens (tertiary/aromatic N) is 3. The number of amides is 2. The van der Waals surface area contributed by atoms with E-state index >= 15 is 0 Å². The van der Waals surface area contributed by atoms with Crippen molar-refractivity contribution in [1.29, 1.82) is 0 Å². The van der Waals surface area contributed by atoms with Crippen molar-refractivity contribution in [1.82, 2.24) is 25.6 Å². The number of ether oxygens (including phenoxy) is 3. The summed E-state index contributed by atoms with van der Waals surface area (Å²) in [6.45, 7) is 16.2. The predicted molar refractivity (Wildman–Crippen MR) is 168 cm³/mol. The van der Waals surface area contributed by atoms with Crippen molar-refractivity contribution < 1.29 is 28.6 Å². The number of Topliss-reactive ketones (excluding diaryl/α,β-unsaturated/α-hetero) is 1. The van der Waals surface area contributed by atoms with E-state index in [0.717, 1.165) is 31.5 Å². The molecule has 248 valence electrons. The van der Waals surface area contributed by atoms with E-state index in [2.05, 4.69) is 48.6 Å². The van der Waals surface area contributed by atoms with Crippen LogP contribution in [0.15, 0.2) is 6.20 Å². The molecule has 0 saturated carbocycles. The molecule has 0 radical (unpaired) electrons. The average Bonchev–Trinajstić information content (AvgIpc) is 3.39. The lowest BCUT2D eigenvalue weighted by atomic mass is 10.1. The van der Waals surface area contributed by atoms with E-state index in [1.54, 1.807) is 0 Å². The summed E-state index contributed by atoms with van der Waals surface area (Å²) in [7, 11) is 0. The summed E-state index contributed by atoms with van der Waals surface area (Å²) in [6, 6.07) is -0.137. The number of unbranched alkanes of at least 4 members (excludes halogenated alkanes) is 2. The lowest BCUT2D eigenvalue weighted by Crippen LogP contribution is -2.42. The summed E-state index contributed by atoms with van der Waals surface area (Å²) < 4.78 is 18.9. The number of rotatable bonds is 27. The fraction of sp³-hybridized carbons (Fsp3) is 0.844. The molecule has 11 nitrogen and oxygen atoms in total. The molecule has 0 aromatic carbocycles. The molecule has 1 rings (SSSR count). The Bertz CT molecular complexity index is 877. The van der Waals surface area contributed by atoms with Crippen LogP contribution in [-0.2, 0) is 41.6 Å². The average molecular weight is 610 g/mol. The van der Waals surface area contributed by atoms with Crippen molar-refractivity contribution in [3.63, 3.8) is 0 Å². The maximum atomic E-state index is 12.5. The molecule has 0 fully saturated rings. The molecule has 0 spiro atoms. The van der Waals surface area contributed by atoms with E-state index in [-0.39, 0.29) is 29.7 Å². The van der Waals surface area contributed by atoms with Crippen LogP contribution in [0.4, 0.5) is 0 Å². The second-order valence-electron chi connectivity index (χ2n) is 12.2. The van der Waals surface area contributed by atoms with Gasteiger partial charge in [0.1, 0.15) is 5.78 Å². The smallest absolute Gasteiger partial charge is 0.220 e. The Balaban J connectivity index is 2.17. The van der Waals surface area contributed by atoms with Gasteiger partial charge in [-0.05, 0) is 50.9 Å². The standard InChI is InChI=1S/C32H59N5O6/c1-7-30(38)16-19-43-27(6)15-17-33-31(39)14-11-12-28-20-37(36-35-28)18-10-8-9-13-32(40)34-29(23-41-21-25(2)3)24-42-22-26(4)5/h20,25-27,29H,7-19,21-24H2,1-6H3,(H,33,39)(H,34,40). The molecule has 0 aliphatic heterocycles. The third-order valence-corrected chi connectivity index (χ3v) is 6.67. The van der Waals surface area contributed by atoms with Gasteiger partial charge in [0.15, 0.2) is 0 Å². The van der Waals surface area contributed by atoms with E-state index < -0.39 is 0 Å². The van der Waals surface area contributed by atoms with Gasteiger partial charge in [-0.2, -0.15) is 0 Å². The number of nitrogens with one attached hydrogen (secondary N) is 2. The normalized spacial score (nSPS) is 12.3. The topological polar surface area (TPSA) is 134 Å². The number of aromatic nitrogens is 3. The molecule has 1 aromatic heterocycles. The molecule has 0 aliphatic rings. The highest BCUT2D eigenvalue weighted by molar-refractivity contribution is 5.78. The molecule has 1 unspecified atom stereocenters. The molecule has 43 heavy (non-hydrogen) atoms. The van der Waals surface area contributed by atoms with Crippen LogP contribution >= 0.6 is 0 Å². The largest absolute Gasteiger partial charge is 0.379 e. The molecule has 2 N–H and O–H groups in total. The van der Waals surface area contributed by atoms with Crippen molar-refractivity contribution >= 4 is 17.6 Å². The van der Waals surface area contributed by atoms with Gasteiger partial charge in [0.25, 0.3) is 0 Å². The molecular weight excluding hydrogens is 550 g/mol. The second kappa shape index (κ2) is 24.0. The third-order valence-electron chi connectivity index (χ3n) is 6.67. The van der Waals surface area contributed by atoms with Crippen molar-refractivity contribution in [2.75, 3.05) is 39.6 Å². The van der Waals surface area contributed by atoms with Crippen LogP contribution < -0.4 is 10.6 Å². The lowest BCUT2D eigenvalue weighted by molar-refractivity contribution is -0.123. The molecule has 1 heterocycles. The van der Waals surface area contributed by atoms with Crippen LogP contribution in [0.3, 0.4) is 0 Å². The Labute approximate surface area is 259 Å². The Morgan fingerprint density at radius 1 is 0.860 bits per heavy atom. The monoisotopic (exact) mass is 609 g/mol. The van der Waals surface area contributed by atoms with Crippen LogP contribution in [0.2, 0.25) is 0 Å². The van der Waals surface area contributed by atoms with Gasteiger partial charge in [-0.1, -0.05) is 46.3 Å². The van der Waals surface area contributed by atoms with Crippen LogP contribution in [-0.4, -0.2) is 84.3 Å². The van der Waals surface area contributed by atoms with Crippen molar-refractivity contribution in [3.05, 3.63) is 11.9 Å². The molecule has 0 bridgehead atoms. The summed E-state index contributed by atoms with van der Waals surface area (Å²) >= 11 is 0. The SMILES string of the molecule is CCC(=O)CCOC(C)CCNC(=O)CCCc1cn(CCCCCC(=O)NC(COCC(C)C)COCC(C)C)nn1. The highest BCUT2D eigenvalue weighted by atomic mass is 16.5. The van der Waals surface area contributed by atoms with Crippen LogP contribution in [0.1, 0.15) is 105 Å². The van der Waals surface area contributed by atoms with Crippen LogP contribution in [0, 0.1) is 11.8 Å². The summed E-state index contributed by atoms with van der Waals surface area (Å²) in [5.41, 5.74) is 0.876. The summed E-state index contributed by atoms with van der Waals surface area (Å²) in [4.78, 5) is 36.0. The van der Waals surface area contributed by atoms with Crippen LogP contribution in [0.5, 0.6) is 0 Å².